The molecule has 0 saturated carbocycles. The van der Waals surface area contributed by atoms with Gasteiger partial charge in [-0.15, -0.1) is 10.2 Å². The van der Waals surface area contributed by atoms with Crippen LogP contribution in [0.5, 0.6) is 0 Å². The van der Waals surface area contributed by atoms with E-state index in [1.54, 1.807) is 18.9 Å². The van der Waals surface area contributed by atoms with Gasteiger partial charge in [-0.05, 0) is 12.5 Å². The molecule has 1 spiro atoms. The van der Waals surface area contributed by atoms with E-state index in [-0.39, 0.29) is 24.5 Å². The molecule has 3 aliphatic heterocycles. The van der Waals surface area contributed by atoms with Crippen LogP contribution in [0.15, 0.2) is 40.8 Å². The number of ether oxygens (including phenoxy) is 1. The van der Waals surface area contributed by atoms with Gasteiger partial charge in [-0.1, -0.05) is 42.0 Å². The fourth-order valence-corrected chi connectivity index (χ4v) is 4.96. The minimum atomic E-state index is -0.714. The lowest BCUT2D eigenvalue weighted by Gasteiger charge is -2.27. The number of nitrogens with zero attached hydrogens (tertiary/aromatic N) is 4. The van der Waals surface area contributed by atoms with Crippen LogP contribution >= 0.6 is 0 Å². The van der Waals surface area contributed by atoms with Gasteiger partial charge < -0.3 is 19.0 Å². The molecule has 2 bridgehead atoms. The maximum absolute atomic E-state index is 13.4. The molecule has 8 nitrogen and oxygen atoms in total. The predicted molar refractivity (Wildman–Crippen MR) is 106 cm³/mol. The van der Waals surface area contributed by atoms with Gasteiger partial charge in [0.15, 0.2) is 0 Å². The first kappa shape index (κ1) is 19.0. The molecule has 2 saturated heterocycles. The standard InChI is InChI=1S/C22H24N4O4/c1-13-5-4-6-15(9-13)10-26-12-22-8-7-16(30-22)18(19(22)21(26)28)20(27)25(3)11-17-24-23-14(2)29-17/h4-9,16,18-19H,10-12H2,1-3H3/t16-,18-,19+,22-/m0/s1. The zero-order valence-corrected chi connectivity index (χ0v) is 17.2. The smallest absolute Gasteiger partial charge is 0.235 e. The van der Waals surface area contributed by atoms with Gasteiger partial charge in [0, 0.05) is 20.5 Å². The van der Waals surface area contributed by atoms with Crippen molar-refractivity contribution in [2.75, 3.05) is 13.6 Å². The van der Waals surface area contributed by atoms with Gasteiger partial charge in [-0.25, -0.2) is 0 Å². The van der Waals surface area contributed by atoms with Crippen molar-refractivity contribution >= 4 is 11.8 Å². The van der Waals surface area contributed by atoms with Crippen LogP contribution in [-0.4, -0.2) is 57.1 Å². The van der Waals surface area contributed by atoms with Crippen molar-refractivity contribution in [3.63, 3.8) is 0 Å². The Kier molecular flexibility index (Phi) is 4.28. The molecule has 1 aromatic heterocycles. The van der Waals surface area contributed by atoms with Crippen molar-refractivity contribution in [1.29, 1.82) is 0 Å². The average Bonchev–Trinajstić information content (AvgIpc) is 3.44. The molecule has 4 atom stereocenters. The number of aromatic nitrogens is 2. The summed E-state index contributed by atoms with van der Waals surface area (Å²) in [6.07, 6.45) is 3.52. The molecular formula is C22H24N4O4. The Morgan fingerprint density at radius 1 is 1.33 bits per heavy atom. The highest BCUT2D eigenvalue weighted by Gasteiger charge is 2.67. The summed E-state index contributed by atoms with van der Waals surface area (Å²) < 4.78 is 11.6. The summed E-state index contributed by atoms with van der Waals surface area (Å²) in [5.41, 5.74) is 1.51. The first-order valence-electron chi connectivity index (χ1n) is 10.1. The van der Waals surface area contributed by atoms with E-state index in [4.69, 9.17) is 9.15 Å². The molecule has 5 rings (SSSR count). The van der Waals surface area contributed by atoms with E-state index in [2.05, 4.69) is 16.3 Å². The molecule has 1 aromatic carbocycles. The van der Waals surface area contributed by atoms with Gasteiger partial charge in [0.1, 0.15) is 5.60 Å². The number of carbonyl (C=O) groups excluding carboxylic acids is 2. The number of amides is 2. The molecule has 2 fully saturated rings. The van der Waals surface area contributed by atoms with Gasteiger partial charge in [0.05, 0.1) is 31.0 Å². The van der Waals surface area contributed by atoms with E-state index < -0.39 is 17.4 Å². The lowest BCUT2D eigenvalue weighted by Crippen LogP contribution is -2.44. The molecule has 0 unspecified atom stereocenters. The largest absolute Gasteiger partial charge is 0.424 e. The van der Waals surface area contributed by atoms with E-state index >= 15 is 0 Å². The summed E-state index contributed by atoms with van der Waals surface area (Å²) in [5, 5.41) is 7.76. The maximum Gasteiger partial charge on any atom is 0.235 e. The van der Waals surface area contributed by atoms with Crippen LogP contribution in [0.25, 0.3) is 0 Å². The number of likely N-dealkylation sites (tertiary alicyclic amines) is 1. The Bertz CT molecular complexity index is 1050. The van der Waals surface area contributed by atoms with Crippen molar-refractivity contribution in [3.8, 4) is 0 Å². The second kappa shape index (κ2) is 6.77. The third kappa shape index (κ3) is 2.94. The quantitative estimate of drug-likeness (QED) is 0.699. The Morgan fingerprint density at radius 2 is 2.17 bits per heavy atom. The number of carbonyl (C=O) groups is 2. The minimum Gasteiger partial charge on any atom is -0.424 e. The summed E-state index contributed by atoms with van der Waals surface area (Å²) in [7, 11) is 1.69. The fraction of sp³-hybridized carbons (Fsp3) is 0.455. The molecule has 0 aliphatic carbocycles. The van der Waals surface area contributed by atoms with Crippen molar-refractivity contribution in [2.24, 2.45) is 11.8 Å². The second-order valence-electron chi connectivity index (χ2n) is 8.49. The summed E-state index contributed by atoms with van der Waals surface area (Å²) in [4.78, 5) is 30.0. The minimum absolute atomic E-state index is 0.0243. The lowest BCUT2D eigenvalue weighted by atomic mass is 9.76. The SMILES string of the molecule is Cc1cccc(CN2C[C@]34C=C[C@H](O3)[C@H](C(=O)N(C)Cc3nnc(C)o3)[C@@H]4C2=O)c1. The van der Waals surface area contributed by atoms with Crippen LogP contribution in [0.4, 0.5) is 0 Å². The third-order valence-corrected chi connectivity index (χ3v) is 6.24. The van der Waals surface area contributed by atoms with Crippen LogP contribution < -0.4 is 0 Å². The van der Waals surface area contributed by atoms with Crippen LogP contribution in [0, 0.1) is 25.7 Å². The van der Waals surface area contributed by atoms with E-state index in [1.807, 2.05) is 42.2 Å². The highest BCUT2D eigenvalue weighted by Crippen LogP contribution is 2.52. The lowest BCUT2D eigenvalue weighted by molar-refractivity contribution is -0.143. The number of aryl methyl sites for hydroxylation is 2. The van der Waals surface area contributed by atoms with Gasteiger partial charge >= 0.3 is 0 Å². The number of fused-ring (bicyclic) bond motifs is 1. The van der Waals surface area contributed by atoms with E-state index in [1.165, 1.54) is 0 Å². The second-order valence-corrected chi connectivity index (χ2v) is 8.49. The van der Waals surface area contributed by atoms with Crippen molar-refractivity contribution in [1.82, 2.24) is 20.0 Å². The molecule has 2 amide bonds. The van der Waals surface area contributed by atoms with Crippen LogP contribution in [0.2, 0.25) is 0 Å². The molecule has 0 N–H and O–H groups in total. The molecule has 4 heterocycles. The van der Waals surface area contributed by atoms with Crippen LogP contribution in [0.1, 0.15) is 22.9 Å². The molecular weight excluding hydrogens is 384 g/mol. The first-order chi connectivity index (χ1) is 14.4. The average molecular weight is 408 g/mol. The Morgan fingerprint density at radius 3 is 2.90 bits per heavy atom. The summed E-state index contributed by atoms with van der Waals surface area (Å²) in [6.45, 7) is 4.92. The molecule has 8 heteroatoms. The van der Waals surface area contributed by atoms with E-state index in [9.17, 15) is 9.59 Å². The molecule has 30 heavy (non-hydrogen) atoms. The normalized spacial score (nSPS) is 29.0. The number of rotatable bonds is 5. The summed E-state index contributed by atoms with van der Waals surface area (Å²) >= 11 is 0. The highest BCUT2D eigenvalue weighted by atomic mass is 16.5. The van der Waals surface area contributed by atoms with Gasteiger partial charge in [0.2, 0.25) is 23.6 Å². The van der Waals surface area contributed by atoms with Gasteiger partial charge in [0.25, 0.3) is 0 Å². The topological polar surface area (TPSA) is 88.8 Å². The van der Waals surface area contributed by atoms with Crippen molar-refractivity contribution in [2.45, 2.75) is 38.6 Å². The van der Waals surface area contributed by atoms with Crippen molar-refractivity contribution < 1.29 is 18.7 Å². The zero-order valence-electron chi connectivity index (χ0n) is 17.2. The summed E-state index contributed by atoms with van der Waals surface area (Å²) in [6, 6.07) is 8.12. The van der Waals surface area contributed by atoms with Crippen LogP contribution in [0.3, 0.4) is 0 Å². The van der Waals surface area contributed by atoms with Crippen LogP contribution in [-0.2, 0) is 27.4 Å². The maximum atomic E-state index is 13.4. The molecule has 0 radical (unpaired) electrons. The van der Waals surface area contributed by atoms with Crippen molar-refractivity contribution in [3.05, 3.63) is 59.3 Å². The Balaban J connectivity index is 1.36. The van der Waals surface area contributed by atoms with Gasteiger partial charge in [-0.3, -0.25) is 9.59 Å². The number of hydrogen-bond donors (Lipinski definition) is 0. The van der Waals surface area contributed by atoms with E-state index in [0.29, 0.717) is 24.9 Å². The molecule has 156 valence electrons. The third-order valence-electron chi connectivity index (χ3n) is 6.24. The zero-order chi connectivity index (χ0) is 21.0. The Hall–Kier alpha value is -3.00. The Labute approximate surface area is 174 Å². The first-order valence-corrected chi connectivity index (χ1v) is 10.1. The molecule has 3 aliphatic rings. The van der Waals surface area contributed by atoms with E-state index in [0.717, 1.165) is 11.1 Å². The van der Waals surface area contributed by atoms with Gasteiger partial charge in [-0.2, -0.15) is 0 Å². The number of hydrogen-bond acceptors (Lipinski definition) is 6. The summed E-state index contributed by atoms with van der Waals surface area (Å²) in [5.74, 6) is -0.387. The fourth-order valence-electron chi connectivity index (χ4n) is 4.96. The highest BCUT2D eigenvalue weighted by molar-refractivity contribution is 5.93. The molecule has 2 aromatic rings. The monoisotopic (exact) mass is 408 g/mol. The number of benzene rings is 1. The predicted octanol–water partition coefficient (Wildman–Crippen LogP) is 1.63.